The molecule has 1 aliphatic rings. The zero-order chi connectivity index (χ0) is 27.4. The average Bonchev–Trinajstić information content (AvgIpc) is 3.17. The predicted octanol–water partition coefficient (Wildman–Crippen LogP) is 3.68. The molecule has 0 fully saturated rings. The van der Waals surface area contributed by atoms with E-state index in [1.54, 1.807) is 56.3 Å². The molecule has 0 aromatic heterocycles. The van der Waals surface area contributed by atoms with E-state index >= 15 is 0 Å². The lowest BCUT2D eigenvalue weighted by Gasteiger charge is -2.38. The lowest BCUT2D eigenvalue weighted by atomic mass is 9.99. The summed E-state index contributed by atoms with van der Waals surface area (Å²) >= 11 is 0. The van der Waals surface area contributed by atoms with Crippen LogP contribution in [0.5, 0.6) is 11.5 Å². The number of Topliss-reactive ketones (excluding diaryl/α,β-unsaturated/α-hetero) is 1. The fraction of sp³-hybridized carbons (Fsp3) is 0.241. The van der Waals surface area contributed by atoms with Crippen LogP contribution in [0.25, 0.3) is 0 Å². The quantitative estimate of drug-likeness (QED) is 0.436. The van der Waals surface area contributed by atoms with Crippen LogP contribution >= 0.6 is 0 Å². The molecule has 3 aromatic rings. The lowest BCUT2D eigenvalue weighted by molar-refractivity contribution is -0.143. The summed E-state index contributed by atoms with van der Waals surface area (Å²) in [5.41, 5.74) is 0.481. The van der Waals surface area contributed by atoms with E-state index in [4.69, 9.17) is 9.47 Å². The average molecular weight is 516 g/mol. The van der Waals surface area contributed by atoms with Gasteiger partial charge in [0, 0.05) is 12.6 Å². The third-order valence-corrected chi connectivity index (χ3v) is 6.54. The Balaban J connectivity index is 1.64. The minimum atomic E-state index is -1.36. The molecule has 3 amide bonds. The Morgan fingerprint density at radius 2 is 1.61 bits per heavy atom. The number of rotatable bonds is 9. The molecule has 0 spiro atoms. The zero-order valence-electron chi connectivity index (χ0n) is 21.7. The van der Waals surface area contributed by atoms with Crippen molar-refractivity contribution in [2.24, 2.45) is 0 Å². The number of ketones is 1. The first-order valence-electron chi connectivity index (χ1n) is 12.0. The van der Waals surface area contributed by atoms with E-state index in [0.717, 1.165) is 5.56 Å². The molecule has 0 radical (unpaired) electrons. The van der Waals surface area contributed by atoms with Gasteiger partial charge in [0.25, 0.3) is 11.7 Å². The van der Waals surface area contributed by atoms with Gasteiger partial charge in [-0.3, -0.25) is 24.1 Å². The maximum Gasteiger partial charge on any atom is 0.299 e. The van der Waals surface area contributed by atoms with Crippen molar-refractivity contribution in [3.8, 4) is 11.5 Å². The molecule has 196 valence electrons. The van der Waals surface area contributed by atoms with Gasteiger partial charge < -0.3 is 19.7 Å². The number of ether oxygens (including phenoxy) is 2. The van der Waals surface area contributed by atoms with Crippen LogP contribution in [0.4, 0.5) is 11.4 Å². The topological polar surface area (TPSA) is 105 Å². The lowest BCUT2D eigenvalue weighted by Crippen LogP contribution is -2.57. The molecule has 0 bridgehead atoms. The summed E-state index contributed by atoms with van der Waals surface area (Å²) in [5, 5.41) is 2.85. The summed E-state index contributed by atoms with van der Waals surface area (Å²) in [5.74, 6) is -1.43. The van der Waals surface area contributed by atoms with Crippen LogP contribution in [0, 0.1) is 0 Å². The number of nitrogens with zero attached hydrogens (tertiary/aromatic N) is 2. The Labute approximate surface area is 220 Å². The maximum absolute atomic E-state index is 13.8. The van der Waals surface area contributed by atoms with Crippen molar-refractivity contribution < 1.29 is 28.7 Å². The fourth-order valence-electron chi connectivity index (χ4n) is 4.29. The van der Waals surface area contributed by atoms with Gasteiger partial charge in [-0.05, 0) is 43.7 Å². The summed E-state index contributed by atoms with van der Waals surface area (Å²) in [6.45, 7) is 2.97. The molecule has 4 rings (SSSR count). The van der Waals surface area contributed by atoms with Crippen molar-refractivity contribution in [3.05, 3.63) is 83.9 Å². The van der Waals surface area contributed by atoms with Gasteiger partial charge in [-0.25, -0.2) is 0 Å². The second-order valence-electron chi connectivity index (χ2n) is 9.28. The third-order valence-electron chi connectivity index (χ3n) is 6.54. The highest BCUT2D eigenvalue weighted by atomic mass is 16.5. The standard InChI is InChI=1S/C29H29N3O6/c1-29(2,28(36)30-22-15-14-20(37-3)16-24(22)38-4)32(17-19-10-6-5-7-11-19)25(33)18-31-23-13-9-8-12-21(23)26(34)27(31)35/h5-16H,17-18H2,1-4H3,(H,30,36). The number of fused-ring (bicyclic) bond motifs is 1. The molecule has 9 heteroatoms. The van der Waals surface area contributed by atoms with Crippen LogP contribution in [-0.2, 0) is 20.9 Å². The van der Waals surface area contributed by atoms with Crippen LogP contribution in [0.15, 0.2) is 72.8 Å². The van der Waals surface area contributed by atoms with Crippen molar-refractivity contribution in [1.29, 1.82) is 0 Å². The van der Waals surface area contributed by atoms with Gasteiger partial charge in [0.15, 0.2) is 0 Å². The number of amides is 3. The first-order valence-corrected chi connectivity index (χ1v) is 12.0. The number of nitrogens with one attached hydrogen (secondary N) is 1. The molecule has 1 N–H and O–H groups in total. The van der Waals surface area contributed by atoms with Crippen molar-refractivity contribution in [2.45, 2.75) is 25.9 Å². The van der Waals surface area contributed by atoms with E-state index in [1.807, 2.05) is 30.3 Å². The van der Waals surface area contributed by atoms with E-state index in [0.29, 0.717) is 22.9 Å². The van der Waals surface area contributed by atoms with Crippen LogP contribution in [0.1, 0.15) is 29.8 Å². The molecular weight excluding hydrogens is 486 g/mol. The molecule has 3 aromatic carbocycles. The third kappa shape index (κ3) is 5.08. The van der Waals surface area contributed by atoms with E-state index in [1.165, 1.54) is 24.0 Å². The monoisotopic (exact) mass is 515 g/mol. The fourth-order valence-corrected chi connectivity index (χ4v) is 4.29. The van der Waals surface area contributed by atoms with Crippen molar-refractivity contribution in [1.82, 2.24) is 4.90 Å². The summed E-state index contributed by atoms with van der Waals surface area (Å²) in [7, 11) is 3.01. The Kier molecular flexibility index (Phi) is 7.47. The highest BCUT2D eigenvalue weighted by Crippen LogP contribution is 2.32. The van der Waals surface area contributed by atoms with Crippen LogP contribution in [0.2, 0.25) is 0 Å². The van der Waals surface area contributed by atoms with E-state index < -0.39 is 35.6 Å². The first kappa shape index (κ1) is 26.4. The summed E-state index contributed by atoms with van der Waals surface area (Å²) < 4.78 is 10.6. The number of hydrogen-bond donors (Lipinski definition) is 1. The molecule has 9 nitrogen and oxygen atoms in total. The minimum Gasteiger partial charge on any atom is -0.497 e. The largest absolute Gasteiger partial charge is 0.497 e. The Bertz CT molecular complexity index is 1390. The number of benzene rings is 3. The molecule has 1 heterocycles. The molecule has 38 heavy (non-hydrogen) atoms. The van der Waals surface area contributed by atoms with E-state index in [9.17, 15) is 19.2 Å². The smallest absolute Gasteiger partial charge is 0.299 e. The minimum absolute atomic E-state index is 0.109. The summed E-state index contributed by atoms with van der Waals surface area (Å²) in [6, 6.07) is 20.8. The number of hydrogen-bond acceptors (Lipinski definition) is 6. The highest BCUT2D eigenvalue weighted by molar-refractivity contribution is 6.52. The van der Waals surface area contributed by atoms with Crippen molar-refractivity contribution >= 4 is 34.9 Å². The van der Waals surface area contributed by atoms with Crippen molar-refractivity contribution in [3.63, 3.8) is 0 Å². The van der Waals surface area contributed by atoms with Gasteiger partial charge in [0.1, 0.15) is 23.6 Å². The normalized spacial score (nSPS) is 12.7. The van der Waals surface area contributed by atoms with Crippen LogP contribution in [-0.4, -0.2) is 54.7 Å². The summed E-state index contributed by atoms with van der Waals surface area (Å²) in [4.78, 5) is 55.2. The number of carbonyl (C=O) groups is 4. The van der Waals surface area contributed by atoms with Gasteiger partial charge in [-0.1, -0.05) is 42.5 Å². The van der Waals surface area contributed by atoms with Crippen LogP contribution in [0.3, 0.4) is 0 Å². The SMILES string of the molecule is COc1ccc(NC(=O)C(C)(C)N(Cc2ccccc2)C(=O)CN2C(=O)C(=O)c3ccccc32)c(OC)c1. The summed E-state index contributed by atoms with van der Waals surface area (Å²) in [6.07, 6.45) is 0. The van der Waals surface area contributed by atoms with Gasteiger partial charge in [-0.2, -0.15) is 0 Å². The van der Waals surface area contributed by atoms with Gasteiger partial charge in [-0.15, -0.1) is 0 Å². The molecule has 0 unspecified atom stereocenters. The van der Waals surface area contributed by atoms with Gasteiger partial charge >= 0.3 is 0 Å². The second-order valence-corrected chi connectivity index (χ2v) is 9.28. The van der Waals surface area contributed by atoms with Gasteiger partial charge in [0.05, 0.1) is 31.2 Å². The van der Waals surface area contributed by atoms with Gasteiger partial charge in [0.2, 0.25) is 11.8 Å². The van der Waals surface area contributed by atoms with Crippen LogP contribution < -0.4 is 19.7 Å². The maximum atomic E-state index is 13.8. The van der Waals surface area contributed by atoms with E-state index in [-0.39, 0.29) is 12.1 Å². The number of methoxy groups -OCH3 is 2. The number of carbonyl (C=O) groups excluding carboxylic acids is 4. The molecule has 0 saturated carbocycles. The number of anilines is 2. The number of para-hydroxylation sites is 1. The Morgan fingerprint density at radius 1 is 0.921 bits per heavy atom. The molecule has 0 atom stereocenters. The molecule has 0 saturated heterocycles. The van der Waals surface area contributed by atoms with E-state index in [2.05, 4.69) is 5.32 Å². The second kappa shape index (κ2) is 10.8. The van der Waals surface area contributed by atoms with Crippen molar-refractivity contribution in [2.75, 3.05) is 31.0 Å². The predicted molar refractivity (Wildman–Crippen MR) is 142 cm³/mol. The molecule has 0 aliphatic carbocycles. The Morgan fingerprint density at radius 3 is 2.29 bits per heavy atom. The molecule has 1 aliphatic heterocycles. The first-order chi connectivity index (χ1) is 18.2. The zero-order valence-corrected chi connectivity index (χ0v) is 21.7. The molecular formula is C29H29N3O6. The highest BCUT2D eigenvalue weighted by Gasteiger charge is 2.42. The Hall–Kier alpha value is -4.66.